The topological polar surface area (TPSA) is 103 Å². The molecule has 0 fully saturated rings. The van der Waals surface area contributed by atoms with Crippen molar-refractivity contribution in [3.63, 3.8) is 0 Å². The third kappa shape index (κ3) is 7.75. The van der Waals surface area contributed by atoms with Gasteiger partial charge in [0.15, 0.2) is 0 Å². The molecule has 7 heteroatoms. The zero-order valence-electron chi connectivity index (χ0n) is 15.3. The number of anilines is 1. The SMILES string of the molecule is N#C/N=C(\NCCCCCCOc1ccccc1CO)Nc1ccncc1. The normalized spacial score (nSPS) is 10.9. The molecule has 0 aliphatic rings. The first-order valence-electron chi connectivity index (χ1n) is 9.02. The minimum atomic E-state index is -0.0119. The first-order valence-corrected chi connectivity index (χ1v) is 9.02. The van der Waals surface area contributed by atoms with Gasteiger partial charge in [-0.1, -0.05) is 31.0 Å². The molecule has 27 heavy (non-hydrogen) atoms. The number of rotatable bonds is 10. The second-order valence-electron chi connectivity index (χ2n) is 5.88. The van der Waals surface area contributed by atoms with Crippen LogP contribution in [0.3, 0.4) is 0 Å². The van der Waals surface area contributed by atoms with Gasteiger partial charge in [0, 0.05) is 30.2 Å². The largest absolute Gasteiger partial charge is 0.493 e. The molecule has 1 heterocycles. The van der Waals surface area contributed by atoms with Crippen LogP contribution in [0.2, 0.25) is 0 Å². The fraction of sp³-hybridized carbons (Fsp3) is 0.350. The number of aliphatic imine (C=N–C) groups is 1. The zero-order chi connectivity index (χ0) is 19.2. The number of ether oxygens (including phenoxy) is 1. The molecule has 0 amide bonds. The van der Waals surface area contributed by atoms with Gasteiger partial charge in [-0.15, -0.1) is 4.99 Å². The number of aliphatic hydroxyl groups excluding tert-OH is 1. The molecule has 0 unspecified atom stereocenters. The van der Waals surface area contributed by atoms with E-state index in [0.29, 0.717) is 12.6 Å². The standard InChI is InChI=1S/C20H25N5O2/c21-16-24-20(25-18-9-12-22-13-10-18)23-11-5-1-2-6-14-27-19-8-4-3-7-17(19)15-26/h3-4,7-10,12-13,26H,1-2,5-6,11,14-15H2,(H2,22,23,24,25). The van der Waals surface area contributed by atoms with E-state index in [0.717, 1.165) is 49.2 Å². The summed E-state index contributed by atoms with van der Waals surface area (Å²) in [6.45, 7) is 1.35. The van der Waals surface area contributed by atoms with Gasteiger partial charge in [-0.05, 0) is 31.0 Å². The predicted molar refractivity (Wildman–Crippen MR) is 105 cm³/mol. The highest BCUT2D eigenvalue weighted by Crippen LogP contribution is 2.18. The smallest absolute Gasteiger partial charge is 0.211 e. The van der Waals surface area contributed by atoms with Gasteiger partial charge in [-0.3, -0.25) is 4.98 Å². The molecular weight excluding hydrogens is 342 g/mol. The first kappa shape index (κ1) is 20.2. The van der Waals surface area contributed by atoms with E-state index in [-0.39, 0.29) is 6.61 Å². The molecule has 0 aliphatic heterocycles. The summed E-state index contributed by atoms with van der Waals surface area (Å²) >= 11 is 0. The number of aliphatic hydroxyl groups is 1. The zero-order valence-corrected chi connectivity index (χ0v) is 15.3. The van der Waals surface area contributed by atoms with Crippen molar-refractivity contribution in [2.24, 2.45) is 4.99 Å². The second-order valence-corrected chi connectivity index (χ2v) is 5.88. The van der Waals surface area contributed by atoms with Crippen molar-refractivity contribution in [1.82, 2.24) is 10.3 Å². The number of guanidine groups is 1. The molecule has 0 atom stereocenters. The van der Waals surface area contributed by atoms with Crippen molar-refractivity contribution in [3.05, 3.63) is 54.4 Å². The van der Waals surface area contributed by atoms with Crippen molar-refractivity contribution in [2.45, 2.75) is 32.3 Å². The Hall–Kier alpha value is -3.11. The van der Waals surface area contributed by atoms with Crippen molar-refractivity contribution in [1.29, 1.82) is 5.26 Å². The molecule has 0 bridgehead atoms. The number of nitrogens with zero attached hydrogens (tertiary/aromatic N) is 3. The van der Waals surface area contributed by atoms with Gasteiger partial charge in [0.2, 0.25) is 12.2 Å². The molecule has 0 radical (unpaired) electrons. The Kier molecular flexibility index (Phi) is 9.19. The fourth-order valence-corrected chi connectivity index (χ4v) is 2.48. The Morgan fingerprint density at radius 1 is 1.11 bits per heavy atom. The molecule has 0 saturated heterocycles. The predicted octanol–water partition coefficient (Wildman–Crippen LogP) is 3.05. The minimum Gasteiger partial charge on any atom is -0.493 e. The van der Waals surface area contributed by atoms with Crippen LogP contribution in [-0.2, 0) is 6.61 Å². The van der Waals surface area contributed by atoms with Crippen LogP contribution in [0.4, 0.5) is 5.69 Å². The monoisotopic (exact) mass is 367 g/mol. The summed E-state index contributed by atoms with van der Waals surface area (Å²) < 4.78 is 5.73. The van der Waals surface area contributed by atoms with Crippen molar-refractivity contribution in [2.75, 3.05) is 18.5 Å². The molecule has 2 aromatic rings. The fourth-order valence-electron chi connectivity index (χ4n) is 2.48. The molecule has 0 spiro atoms. The molecular formula is C20H25N5O2. The van der Waals surface area contributed by atoms with Gasteiger partial charge in [-0.2, -0.15) is 5.26 Å². The molecule has 2 rings (SSSR count). The van der Waals surface area contributed by atoms with Crippen LogP contribution in [0, 0.1) is 11.5 Å². The minimum absolute atomic E-state index is 0.0119. The Labute approximate surface area is 159 Å². The lowest BCUT2D eigenvalue weighted by Crippen LogP contribution is -2.31. The molecule has 7 nitrogen and oxygen atoms in total. The Morgan fingerprint density at radius 2 is 1.89 bits per heavy atom. The van der Waals surface area contributed by atoms with Crippen LogP contribution in [0.15, 0.2) is 53.8 Å². The van der Waals surface area contributed by atoms with Crippen molar-refractivity contribution >= 4 is 11.6 Å². The van der Waals surface area contributed by atoms with Crippen LogP contribution in [0.5, 0.6) is 5.75 Å². The third-order valence-electron chi connectivity index (χ3n) is 3.87. The van der Waals surface area contributed by atoms with E-state index in [4.69, 9.17) is 10.00 Å². The third-order valence-corrected chi connectivity index (χ3v) is 3.87. The van der Waals surface area contributed by atoms with Crippen LogP contribution in [0.1, 0.15) is 31.2 Å². The van der Waals surface area contributed by atoms with Crippen molar-refractivity contribution < 1.29 is 9.84 Å². The molecule has 1 aromatic carbocycles. The molecule has 0 aliphatic carbocycles. The van der Waals surface area contributed by atoms with Gasteiger partial charge in [-0.25, -0.2) is 0 Å². The van der Waals surface area contributed by atoms with Crippen LogP contribution in [0.25, 0.3) is 0 Å². The summed E-state index contributed by atoms with van der Waals surface area (Å²) in [4.78, 5) is 7.71. The van der Waals surface area contributed by atoms with Crippen molar-refractivity contribution in [3.8, 4) is 11.9 Å². The average molecular weight is 367 g/mol. The number of hydrogen-bond donors (Lipinski definition) is 3. The average Bonchev–Trinajstić information content (AvgIpc) is 2.71. The number of unbranched alkanes of at least 4 members (excludes halogenated alkanes) is 3. The Morgan fingerprint density at radius 3 is 2.67 bits per heavy atom. The summed E-state index contributed by atoms with van der Waals surface area (Å²) in [6.07, 6.45) is 9.16. The number of hydrogen-bond acceptors (Lipinski definition) is 5. The van der Waals surface area contributed by atoms with E-state index < -0.39 is 0 Å². The summed E-state index contributed by atoms with van der Waals surface area (Å²) in [5.74, 6) is 1.19. The lowest BCUT2D eigenvalue weighted by molar-refractivity contribution is 0.260. The molecule has 142 valence electrons. The summed E-state index contributed by atoms with van der Waals surface area (Å²) in [6, 6.07) is 11.1. The van der Waals surface area contributed by atoms with Gasteiger partial charge < -0.3 is 20.5 Å². The number of benzene rings is 1. The van der Waals surface area contributed by atoms with E-state index >= 15 is 0 Å². The Bertz CT molecular complexity index is 744. The first-order chi connectivity index (χ1) is 13.3. The van der Waals surface area contributed by atoms with Gasteiger partial charge in [0.25, 0.3) is 0 Å². The van der Waals surface area contributed by atoms with Crippen LogP contribution >= 0.6 is 0 Å². The lowest BCUT2D eigenvalue weighted by atomic mass is 10.2. The van der Waals surface area contributed by atoms with Gasteiger partial charge in [0.1, 0.15) is 5.75 Å². The molecule has 0 saturated carbocycles. The summed E-state index contributed by atoms with van der Waals surface area (Å²) in [5.41, 5.74) is 1.64. The number of para-hydroxylation sites is 1. The highest BCUT2D eigenvalue weighted by Gasteiger charge is 2.02. The maximum atomic E-state index is 9.27. The lowest BCUT2D eigenvalue weighted by Gasteiger charge is -2.11. The Balaban J connectivity index is 1.58. The number of pyridine rings is 1. The number of aromatic nitrogens is 1. The summed E-state index contributed by atoms with van der Waals surface area (Å²) in [7, 11) is 0. The molecule has 3 N–H and O–H groups in total. The second kappa shape index (κ2) is 12.3. The highest BCUT2D eigenvalue weighted by atomic mass is 16.5. The van der Waals surface area contributed by atoms with Crippen LogP contribution in [-0.4, -0.2) is 29.2 Å². The van der Waals surface area contributed by atoms with E-state index in [1.807, 2.05) is 36.4 Å². The van der Waals surface area contributed by atoms with E-state index in [1.54, 1.807) is 18.6 Å². The van der Waals surface area contributed by atoms with Gasteiger partial charge in [0.05, 0.1) is 13.2 Å². The quantitative estimate of drug-likeness (QED) is 0.258. The van der Waals surface area contributed by atoms with Crippen LogP contribution < -0.4 is 15.4 Å². The maximum absolute atomic E-state index is 9.27. The highest BCUT2D eigenvalue weighted by molar-refractivity contribution is 5.94. The number of nitrogens with one attached hydrogen (secondary N) is 2. The summed E-state index contributed by atoms with van der Waals surface area (Å²) in [5, 5.41) is 24.2. The van der Waals surface area contributed by atoms with Gasteiger partial charge >= 0.3 is 0 Å². The molecule has 1 aromatic heterocycles. The maximum Gasteiger partial charge on any atom is 0.211 e. The van der Waals surface area contributed by atoms with E-state index in [2.05, 4.69) is 20.6 Å². The number of nitriles is 1. The van der Waals surface area contributed by atoms with E-state index in [1.165, 1.54) is 0 Å². The van der Waals surface area contributed by atoms with E-state index in [9.17, 15) is 5.11 Å².